The maximum Gasteiger partial charge on any atom is 0.223 e. The van der Waals surface area contributed by atoms with E-state index in [0.717, 1.165) is 5.56 Å². The van der Waals surface area contributed by atoms with Crippen molar-refractivity contribution < 1.29 is 4.79 Å². The zero-order valence-electron chi connectivity index (χ0n) is 8.84. The third-order valence-corrected chi connectivity index (χ3v) is 3.07. The summed E-state index contributed by atoms with van der Waals surface area (Å²) >= 11 is 17.2. The zero-order chi connectivity index (χ0) is 12.1. The molecule has 0 unspecified atom stereocenters. The lowest BCUT2D eigenvalue weighted by molar-refractivity contribution is -0.129. The fraction of sp³-hybridized carbons (Fsp3) is 0.364. The Morgan fingerprint density at radius 2 is 2.00 bits per heavy atom. The number of halogens is 3. The molecule has 1 aromatic carbocycles. The van der Waals surface area contributed by atoms with Crippen LogP contribution in [0.5, 0.6) is 0 Å². The van der Waals surface area contributed by atoms with Gasteiger partial charge in [0.25, 0.3) is 0 Å². The van der Waals surface area contributed by atoms with Crippen LogP contribution in [0.1, 0.15) is 12.0 Å². The first-order valence-electron chi connectivity index (χ1n) is 4.78. The molecule has 88 valence electrons. The van der Waals surface area contributed by atoms with Crippen LogP contribution in [0.4, 0.5) is 0 Å². The van der Waals surface area contributed by atoms with E-state index in [1.165, 1.54) is 0 Å². The second-order valence-corrected chi connectivity index (χ2v) is 4.63. The molecular weight excluding hydrogens is 268 g/mol. The molecule has 16 heavy (non-hydrogen) atoms. The lowest BCUT2D eigenvalue weighted by Gasteiger charge is -2.16. The highest BCUT2D eigenvalue weighted by atomic mass is 35.5. The van der Waals surface area contributed by atoms with Crippen molar-refractivity contribution in [1.29, 1.82) is 0 Å². The van der Waals surface area contributed by atoms with E-state index in [1.807, 2.05) is 6.07 Å². The molecule has 2 nitrogen and oxygen atoms in total. The van der Waals surface area contributed by atoms with Gasteiger partial charge in [-0.2, -0.15) is 0 Å². The minimum Gasteiger partial charge on any atom is -0.341 e. The Labute approximate surface area is 110 Å². The molecule has 0 saturated carbocycles. The molecular formula is C11H12Cl3NO. The normalized spacial score (nSPS) is 10.2. The van der Waals surface area contributed by atoms with Crippen LogP contribution in [0, 0.1) is 0 Å². The number of nitrogens with zero attached hydrogens (tertiary/aromatic N) is 1. The average molecular weight is 281 g/mol. The summed E-state index contributed by atoms with van der Waals surface area (Å²) in [5, 5.41) is 1.01. The van der Waals surface area contributed by atoms with Gasteiger partial charge in [0, 0.05) is 25.9 Å². The van der Waals surface area contributed by atoms with Crippen molar-refractivity contribution in [2.24, 2.45) is 0 Å². The lowest BCUT2D eigenvalue weighted by atomic mass is 10.2. The molecule has 1 amide bonds. The second-order valence-electron chi connectivity index (χ2n) is 3.44. The quantitative estimate of drug-likeness (QED) is 0.772. The first kappa shape index (κ1) is 13.6. The van der Waals surface area contributed by atoms with Gasteiger partial charge in [-0.1, -0.05) is 29.3 Å². The molecule has 0 N–H and O–H groups in total. The third kappa shape index (κ3) is 3.85. The summed E-state index contributed by atoms with van der Waals surface area (Å²) in [5.74, 6) is 0.353. The largest absolute Gasteiger partial charge is 0.341 e. The summed E-state index contributed by atoms with van der Waals surface area (Å²) in [4.78, 5) is 13.1. The van der Waals surface area contributed by atoms with Gasteiger partial charge >= 0.3 is 0 Å². The number of hydrogen-bond acceptors (Lipinski definition) is 1. The Morgan fingerprint density at radius 1 is 1.31 bits per heavy atom. The molecule has 5 heteroatoms. The topological polar surface area (TPSA) is 20.3 Å². The minimum atomic E-state index is 0.0149. The molecule has 1 aromatic rings. The summed E-state index contributed by atoms with van der Waals surface area (Å²) in [6, 6.07) is 5.33. The van der Waals surface area contributed by atoms with E-state index in [1.54, 1.807) is 24.1 Å². The fourth-order valence-corrected chi connectivity index (χ4v) is 1.75. The van der Waals surface area contributed by atoms with Gasteiger partial charge < -0.3 is 4.90 Å². The van der Waals surface area contributed by atoms with Gasteiger partial charge in [0.15, 0.2) is 0 Å². The molecule has 0 aromatic heterocycles. The van der Waals surface area contributed by atoms with Gasteiger partial charge in [-0.15, -0.1) is 11.6 Å². The van der Waals surface area contributed by atoms with E-state index in [-0.39, 0.29) is 5.91 Å². The van der Waals surface area contributed by atoms with Crippen LogP contribution in [0.3, 0.4) is 0 Å². The molecule has 0 atom stereocenters. The van der Waals surface area contributed by atoms with Crippen LogP contribution in [0.25, 0.3) is 0 Å². The van der Waals surface area contributed by atoms with Gasteiger partial charge in [0.05, 0.1) is 10.0 Å². The van der Waals surface area contributed by atoms with E-state index in [9.17, 15) is 4.79 Å². The molecule has 0 saturated heterocycles. The molecule has 0 spiro atoms. The van der Waals surface area contributed by atoms with Crippen molar-refractivity contribution in [3.05, 3.63) is 33.8 Å². The molecule has 0 radical (unpaired) electrons. The predicted molar refractivity (Wildman–Crippen MR) is 68.3 cm³/mol. The number of benzene rings is 1. The first-order valence-corrected chi connectivity index (χ1v) is 6.07. The monoisotopic (exact) mass is 279 g/mol. The Bertz CT molecular complexity index is 381. The van der Waals surface area contributed by atoms with Crippen LogP contribution in [-0.4, -0.2) is 23.7 Å². The molecule has 0 heterocycles. The summed E-state index contributed by atoms with van der Waals surface area (Å²) < 4.78 is 0. The maximum absolute atomic E-state index is 11.5. The van der Waals surface area contributed by atoms with E-state index >= 15 is 0 Å². The third-order valence-electron chi connectivity index (χ3n) is 2.14. The Hall–Kier alpha value is -0.440. The molecule has 0 aliphatic rings. The van der Waals surface area contributed by atoms with Crippen molar-refractivity contribution in [1.82, 2.24) is 4.90 Å². The SMILES string of the molecule is CN(Cc1ccc(Cl)c(Cl)c1)C(=O)CCCl. The maximum atomic E-state index is 11.5. The van der Waals surface area contributed by atoms with E-state index < -0.39 is 0 Å². The standard InChI is InChI=1S/C11H12Cl3NO/c1-15(11(16)4-5-12)7-8-2-3-9(13)10(14)6-8/h2-3,6H,4-5,7H2,1H3. The Balaban J connectivity index is 2.66. The van der Waals surface area contributed by atoms with Crippen LogP contribution < -0.4 is 0 Å². The van der Waals surface area contributed by atoms with Crippen LogP contribution in [0.2, 0.25) is 10.0 Å². The molecule has 0 bridgehead atoms. The molecule has 1 rings (SSSR count). The highest BCUT2D eigenvalue weighted by Crippen LogP contribution is 2.23. The average Bonchev–Trinajstić information content (AvgIpc) is 2.24. The minimum absolute atomic E-state index is 0.0149. The van der Waals surface area contributed by atoms with Crippen LogP contribution >= 0.6 is 34.8 Å². The Kier molecular flexibility index (Phi) is 5.39. The van der Waals surface area contributed by atoms with Gasteiger partial charge in [-0.25, -0.2) is 0 Å². The lowest BCUT2D eigenvalue weighted by Crippen LogP contribution is -2.26. The van der Waals surface area contributed by atoms with Crippen molar-refractivity contribution in [3.63, 3.8) is 0 Å². The summed E-state index contributed by atoms with van der Waals surface area (Å²) in [6.45, 7) is 0.507. The van der Waals surface area contributed by atoms with Crippen LogP contribution in [-0.2, 0) is 11.3 Å². The van der Waals surface area contributed by atoms with Gasteiger partial charge in [0.2, 0.25) is 5.91 Å². The number of hydrogen-bond donors (Lipinski definition) is 0. The summed E-state index contributed by atoms with van der Waals surface area (Å²) in [5.41, 5.74) is 0.944. The van der Waals surface area contributed by atoms with Crippen molar-refractivity contribution >= 4 is 40.7 Å². The van der Waals surface area contributed by atoms with E-state index in [4.69, 9.17) is 34.8 Å². The van der Waals surface area contributed by atoms with E-state index in [0.29, 0.717) is 28.9 Å². The highest BCUT2D eigenvalue weighted by Gasteiger charge is 2.09. The number of amides is 1. The smallest absolute Gasteiger partial charge is 0.223 e. The van der Waals surface area contributed by atoms with Gasteiger partial charge in [-0.05, 0) is 17.7 Å². The number of rotatable bonds is 4. The highest BCUT2D eigenvalue weighted by molar-refractivity contribution is 6.42. The molecule has 0 aliphatic carbocycles. The zero-order valence-corrected chi connectivity index (χ0v) is 11.1. The molecule has 0 fully saturated rings. The molecule has 0 aliphatic heterocycles. The van der Waals surface area contributed by atoms with Gasteiger partial charge in [0.1, 0.15) is 0 Å². The number of alkyl halides is 1. The summed E-state index contributed by atoms with van der Waals surface area (Å²) in [7, 11) is 1.73. The van der Waals surface area contributed by atoms with E-state index in [2.05, 4.69) is 0 Å². The predicted octanol–water partition coefficient (Wildman–Crippen LogP) is 3.58. The number of carbonyl (C=O) groups excluding carboxylic acids is 1. The number of carbonyl (C=O) groups is 1. The first-order chi connectivity index (χ1) is 7.54. The fourth-order valence-electron chi connectivity index (χ4n) is 1.27. The van der Waals surface area contributed by atoms with Crippen molar-refractivity contribution in [3.8, 4) is 0 Å². The van der Waals surface area contributed by atoms with Crippen molar-refractivity contribution in [2.75, 3.05) is 12.9 Å². The Morgan fingerprint density at radius 3 is 2.56 bits per heavy atom. The van der Waals surface area contributed by atoms with Crippen LogP contribution in [0.15, 0.2) is 18.2 Å². The summed E-state index contributed by atoms with van der Waals surface area (Å²) in [6.07, 6.45) is 0.347. The second kappa shape index (κ2) is 6.33. The van der Waals surface area contributed by atoms with Gasteiger partial charge in [-0.3, -0.25) is 4.79 Å². The van der Waals surface area contributed by atoms with Crippen molar-refractivity contribution in [2.45, 2.75) is 13.0 Å².